The van der Waals surface area contributed by atoms with Gasteiger partial charge in [0.1, 0.15) is 17.3 Å². The Labute approximate surface area is 158 Å². The lowest BCUT2D eigenvalue weighted by Crippen LogP contribution is -2.36. The van der Waals surface area contributed by atoms with Crippen LogP contribution in [0.3, 0.4) is 0 Å². The minimum atomic E-state index is -0.877. The average molecular weight is 402 g/mol. The molecule has 0 aromatic heterocycles. The molecule has 0 atom stereocenters. The first-order chi connectivity index (χ1) is 12.3. The summed E-state index contributed by atoms with van der Waals surface area (Å²) < 4.78 is 27.0. The number of hydrogen-bond acceptors (Lipinski definition) is 3. The molecule has 2 aromatic carbocycles. The van der Waals surface area contributed by atoms with Crippen molar-refractivity contribution in [1.29, 1.82) is 0 Å². The molecule has 9 heteroatoms. The second kappa shape index (κ2) is 8.93. The molecule has 2 N–H and O–H groups in total. The second-order valence-corrected chi connectivity index (χ2v) is 6.31. The topological polar surface area (TPSA) is 61.4 Å². The molecule has 26 heavy (non-hydrogen) atoms. The molecule has 0 bridgehead atoms. The minimum Gasteiger partial charge on any atom is -0.325 e. The Morgan fingerprint density at radius 3 is 2.12 bits per heavy atom. The maximum Gasteiger partial charge on any atom is 0.238 e. The molecular formula is C17H15Cl2F2N3O2. The Morgan fingerprint density at radius 1 is 0.962 bits per heavy atom. The number of benzene rings is 2. The minimum absolute atomic E-state index is 0.118. The third-order valence-corrected chi connectivity index (χ3v) is 4.00. The Bertz CT molecular complexity index is 813. The largest absolute Gasteiger partial charge is 0.325 e. The molecule has 0 heterocycles. The molecule has 0 aliphatic heterocycles. The van der Waals surface area contributed by atoms with Gasteiger partial charge in [-0.2, -0.15) is 0 Å². The number of hydrogen-bond donors (Lipinski definition) is 2. The van der Waals surface area contributed by atoms with Crippen LogP contribution in [0.2, 0.25) is 10.0 Å². The lowest BCUT2D eigenvalue weighted by atomic mass is 10.3. The van der Waals surface area contributed by atoms with Crippen LogP contribution in [0.25, 0.3) is 0 Å². The van der Waals surface area contributed by atoms with Crippen molar-refractivity contribution in [2.75, 3.05) is 30.8 Å². The Morgan fingerprint density at radius 2 is 1.54 bits per heavy atom. The highest BCUT2D eigenvalue weighted by molar-refractivity contribution is 6.42. The molecule has 0 fully saturated rings. The predicted octanol–water partition coefficient (Wildman–Crippen LogP) is 3.78. The first-order valence-corrected chi connectivity index (χ1v) is 8.19. The first-order valence-electron chi connectivity index (χ1n) is 7.43. The van der Waals surface area contributed by atoms with Crippen molar-refractivity contribution in [3.05, 3.63) is 58.1 Å². The lowest BCUT2D eigenvalue weighted by Gasteiger charge is -2.16. The van der Waals surface area contributed by atoms with E-state index in [-0.39, 0.29) is 13.1 Å². The van der Waals surface area contributed by atoms with Gasteiger partial charge < -0.3 is 10.6 Å². The number of nitrogens with zero attached hydrogens (tertiary/aromatic N) is 1. The van der Waals surface area contributed by atoms with Gasteiger partial charge in [0, 0.05) is 5.69 Å². The van der Waals surface area contributed by atoms with Gasteiger partial charge in [-0.1, -0.05) is 29.3 Å². The summed E-state index contributed by atoms with van der Waals surface area (Å²) in [5, 5.41) is 5.41. The number of likely N-dealkylation sites (N-methyl/N-ethyl adjacent to an activating group) is 1. The highest BCUT2D eigenvalue weighted by Gasteiger charge is 2.15. The molecule has 138 valence electrons. The number of nitrogens with one attached hydrogen (secondary N) is 2. The van der Waals surface area contributed by atoms with Crippen molar-refractivity contribution in [2.45, 2.75) is 0 Å². The fraction of sp³-hybridized carbons (Fsp3) is 0.176. The molecular weight excluding hydrogens is 387 g/mol. The van der Waals surface area contributed by atoms with Gasteiger partial charge in [-0.3, -0.25) is 14.5 Å². The van der Waals surface area contributed by atoms with E-state index in [4.69, 9.17) is 23.2 Å². The molecule has 0 unspecified atom stereocenters. The van der Waals surface area contributed by atoms with Crippen molar-refractivity contribution in [3.8, 4) is 0 Å². The van der Waals surface area contributed by atoms with Gasteiger partial charge in [0.05, 0.1) is 23.1 Å². The van der Waals surface area contributed by atoms with E-state index in [1.54, 1.807) is 12.1 Å². The molecule has 0 aliphatic carbocycles. The van der Waals surface area contributed by atoms with Gasteiger partial charge in [-0.15, -0.1) is 0 Å². The summed E-state index contributed by atoms with van der Waals surface area (Å²) >= 11 is 11.7. The Hall–Kier alpha value is -2.22. The van der Waals surface area contributed by atoms with E-state index < -0.39 is 29.1 Å². The fourth-order valence-corrected chi connectivity index (χ4v) is 2.41. The summed E-state index contributed by atoms with van der Waals surface area (Å²) in [4.78, 5) is 25.3. The molecule has 0 radical (unpaired) electrons. The summed E-state index contributed by atoms with van der Waals surface area (Å²) in [6.45, 7) is -0.351. The van der Waals surface area contributed by atoms with Crippen LogP contribution in [0.1, 0.15) is 0 Å². The van der Waals surface area contributed by atoms with Crippen LogP contribution in [0.5, 0.6) is 0 Å². The maximum atomic E-state index is 13.5. The number of rotatable bonds is 6. The second-order valence-electron chi connectivity index (χ2n) is 5.49. The highest BCUT2D eigenvalue weighted by Crippen LogP contribution is 2.25. The number of anilines is 2. The van der Waals surface area contributed by atoms with Crippen molar-refractivity contribution in [1.82, 2.24) is 4.90 Å². The zero-order valence-corrected chi connectivity index (χ0v) is 15.2. The first kappa shape index (κ1) is 20.1. The average Bonchev–Trinajstić information content (AvgIpc) is 2.54. The Kier molecular flexibility index (Phi) is 6.90. The molecule has 0 spiro atoms. The van der Waals surface area contributed by atoms with E-state index in [2.05, 4.69) is 10.6 Å². The standard InChI is InChI=1S/C17H15Cl2F2N3O2/c1-24(8-15(25)22-10-5-6-11(18)12(19)7-10)9-16(26)23-17-13(20)3-2-4-14(17)21/h2-7H,8-9H2,1H3,(H,22,25)(H,23,26). The van der Waals surface area contributed by atoms with Crippen LogP contribution in [-0.2, 0) is 9.59 Å². The quantitative estimate of drug-likeness (QED) is 0.773. The summed E-state index contributed by atoms with van der Waals surface area (Å²) in [5.74, 6) is -2.80. The Balaban J connectivity index is 1.87. The zero-order chi connectivity index (χ0) is 19.3. The summed E-state index contributed by atoms with van der Waals surface area (Å²) in [6, 6.07) is 7.88. The van der Waals surface area contributed by atoms with Gasteiger partial charge >= 0.3 is 0 Å². The maximum absolute atomic E-state index is 13.5. The van der Waals surface area contributed by atoms with Crippen LogP contribution >= 0.6 is 23.2 Å². The van der Waals surface area contributed by atoms with Gasteiger partial charge in [0.25, 0.3) is 0 Å². The van der Waals surface area contributed by atoms with Gasteiger partial charge in [0.15, 0.2) is 0 Å². The molecule has 0 saturated heterocycles. The van der Waals surface area contributed by atoms with Gasteiger partial charge in [-0.05, 0) is 37.4 Å². The normalized spacial score (nSPS) is 10.7. The van der Waals surface area contributed by atoms with Crippen LogP contribution in [0.4, 0.5) is 20.2 Å². The molecule has 2 aromatic rings. The van der Waals surface area contributed by atoms with Gasteiger partial charge in [0.2, 0.25) is 11.8 Å². The SMILES string of the molecule is CN(CC(=O)Nc1ccc(Cl)c(Cl)c1)CC(=O)Nc1c(F)cccc1F. The molecule has 0 saturated carbocycles. The van der Waals surface area contributed by atoms with Crippen LogP contribution in [-0.4, -0.2) is 36.9 Å². The van der Waals surface area contributed by atoms with E-state index in [1.165, 1.54) is 24.1 Å². The van der Waals surface area contributed by atoms with Crippen molar-refractivity contribution < 1.29 is 18.4 Å². The number of carbonyl (C=O) groups excluding carboxylic acids is 2. The van der Waals surface area contributed by atoms with Crippen LogP contribution < -0.4 is 10.6 Å². The van der Waals surface area contributed by atoms with Crippen LogP contribution in [0, 0.1) is 11.6 Å². The lowest BCUT2D eigenvalue weighted by molar-refractivity contribution is -0.119. The summed E-state index contributed by atoms with van der Waals surface area (Å²) in [5.41, 5.74) is -0.0677. The van der Waals surface area contributed by atoms with Crippen molar-refractivity contribution >= 4 is 46.4 Å². The summed E-state index contributed by atoms with van der Waals surface area (Å²) in [7, 11) is 1.52. The van der Waals surface area contributed by atoms with Gasteiger partial charge in [-0.25, -0.2) is 8.78 Å². The number of para-hydroxylation sites is 1. The third-order valence-electron chi connectivity index (χ3n) is 3.26. The molecule has 2 amide bonds. The van der Waals surface area contributed by atoms with E-state index in [0.717, 1.165) is 12.1 Å². The highest BCUT2D eigenvalue weighted by atomic mass is 35.5. The van der Waals surface area contributed by atoms with E-state index in [1.807, 2.05) is 0 Å². The van der Waals surface area contributed by atoms with E-state index in [9.17, 15) is 18.4 Å². The molecule has 0 aliphatic rings. The number of carbonyl (C=O) groups is 2. The van der Waals surface area contributed by atoms with E-state index >= 15 is 0 Å². The monoisotopic (exact) mass is 401 g/mol. The van der Waals surface area contributed by atoms with Crippen molar-refractivity contribution in [3.63, 3.8) is 0 Å². The predicted molar refractivity (Wildman–Crippen MR) is 97.6 cm³/mol. The summed E-state index contributed by atoms with van der Waals surface area (Å²) in [6.07, 6.45) is 0. The number of amides is 2. The van der Waals surface area contributed by atoms with E-state index in [0.29, 0.717) is 15.7 Å². The fourth-order valence-electron chi connectivity index (χ4n) is 2.12. The molecule has 5 nitrogen and oxygen atoms in total. The van der Waals surface area contributed by atoms with Crippen molar-refractivity contribution in [2.24, 2.45) is 0 Å². The third kappa shape index (κ3) is 5.66. The zero-order valence-electron chi connectivity index (χ0n) is 13.7. The number of halogens is 4. The smallest absolute Gasteiger partial charge is 0.238 e. The molecule has 2 rings (SSSR count). The van der Waals surface area contributed by atoms with Crippen LogP contribution in [0.15, 0.2) is 36.4 Å².